The molecule has 5 N–H and O–H groups in total. The van der Waals surface area contributed by atoms with Gasteiger partial charge < -0.3 is 21.5 Å². The van der Waals surface area contributed by atoms with Gasteiger partial charge in [0.25, 0.3) is 5.91 Å². The maximum Gasteiger partial charge on any atom is 0.262 e. The number of rotatable bonds is 6. The summed E-state index contributed by atoms with van der Waals surface area (Å²) in [5.41, 5.74) is 10.9. The molecule has 8 nitrogen and oxygen atoms in total. The third-order valence-corrected chi connectivity index (χ3v) is 3.15. The quantitative estimate of drug-likeness (QED) is 0.711. The number of primary amides is 2. The Morgan fingerprint density at radius 1 is 1.04 bits per heavy atom. The molecule has 3 amide bonds. The predicted molar refractivity (Wildman–Crippen MR) is 88.8 cm³/mol. The van der Waals surface area contributed by atoms with Crippen LogP contribution in [0.2, 0.25) is 0 Å². The second-order valence-corrected chi connectivity index (χ2v) is 4.97. The van der Waals surface area contributed by atoms with Gasteiger partial charge in [0.1, 0.15) is 11.8 Å². The summed E-state index contributed by atoms with van der Waals surface area (Å²) in [5, 5.41) is 11.4. The van der Waals surface area contributed by atoms with Crippen molar-refractivity contribution in [2.75, 3.05) is 11.9 Å². The van der Waals surface area contributed by atoms with E-state index in [0.717, 1.165) is 0 Å². The molecule has 0 radical (unpaired) electrons. The molecule has 0 aromatic heterocycles. The number of anilines is 1. The van der Waals surface area contributed by atoms with Gasteiger partial charge in [-0.2, -0.15) is 5.26 Å². The first-order valence-corrected chi connectivity index (χ1v) is 7.07. The molecule has 8 heteroatoms. The van der Waals surface area contributed by atoms with Gasteiger partial charge in [-0.05, 0) is 30.3 Å². The molecular weight excluding hydrogens is 324 g/mol. The molecule has 126 valence electrons. The summed E-state index contributed by atoms with van der Waals surface area (Å²) in [6.45, 7) is -0.370. The maximum absolute atomic E-state index is 12.0. The van der Waals surface area contributed by atoms with E-state index in [0.29, 0.717) is 5.56 Å². The number of nitrogens with zero attached hydrogens (tertiary/aromatic N) is 1. The van der Waals surface area contributed by atoms with Crippen molar-refractivity contribution in [1.82, 2.24) is 0 Å². The number of hydrogen-bond acceptors (Lipinski definition) is 5. The molecule has 0 fully saturated rings. The Labute approximate surface area is 143 Å². The van der Waals surface area contributed by atoms with E-state index in [1.807, 2.05) is 6.07 Å². The van der Waals surface area contributed by atoms with Crippen molar-refractivity contribution in [2.45, 2.75) is 0 Å². The molecule has 0 aliphatic rings. The van der Waals surface area contributed by atoms with E-state index < -0.39 is 17.7 Å². The minimum atomic E-state index is -0.766. The van der Waals surface area contributed by atoms with Gasteiger partial charge in [-0.3, -0.25) is 14.4 Å². The average Bonchev–Trinajstić information content (AvgIpc) is 2.59. The lowest BCUT2D eigenvalue weighted by Crippen LogP contribution is -2.22. The SMILES string of the molecule is N#Cc1ccccc1OCC(=O)Nc1cc(C(N)=O)cc(C(N)=O)c1. The van der Waals surface area contributed by atoms with Gasteiger partial charge in [-0.1, -0.05) is 12.1 Å². The second kappa shape index (κ2) is 7.61. The molecule has 0 saturated heterocycles. The Morgan fingerprint density at radius 2 is 1.64 bits per heavy atom. The lowest BCUT2D eigenvalue weighted by Gasteiger charge is -2.10. The number of nitriles is 1. The van der Waals surface area contributed by atoms with Crippen molar-refractivity contribution >= 4 is 23.4 Å². The number of ether oxygens (including phenoxy) is 1. The molecule has 0 spiro atoms. The van der Waals surface area contributed by atoms with E-state index >= 15 is 0 Å². The van der Waals surface area contributed by atoms with Crippen LogP contribution in [0.3, 0.4) is 0 Å². The van der Waals surface area contributed by atoms with Crippen LogP contribution >= 0.6 is 0 Å². The standard InChI is InChI=1S/C17H14N4O4/c18-8-10-3-1-2-4-14(10)25-9-15(22)21-13-6-11(16(19)23)5-12(7-13)17(20)24/h1-7H,9H2,(H2,19,23)(H2,20,24)(H,21,22). The highest BCUT2D eigenvalue weighted by Crippen LogP contribution is 2.17. The first kappa shape index (κ1) is 17.5. The van der Waals surface area contributed by atoms with Crippen LogP contribution in [0.15, 0.2) is 42.5 Å². The van der Waals surface area contributed by atoms with Gasteiger partial charge in [-0.15, -0.1) is 0 Å². The van der Waals surface area contributed by atoms with Crippen LogP contribution in [0.4, 0.5) is 5.69 Å². The minimum absolute atomic E-state index is 0.0299. The Kier molecular flexibility index (Phi) is 5.32. The highest BCUT2D eigenvalue weighted by molar-refractivity contribution is 6.01. The Morgan fingerprint density at radius 3 is 2.20 bits per heavy atom. The Balaban J connectivity index is 2.11. The number of hydrogen-bond donors (Lipinski definition) is 3. The van der Waals surface area contributed by atoms with E-state index in [4.69, 9.17) is 21.5 Å². The van der Waals surface area contributed by atoms with E-state index in [2.05, 4.69) is 5.32 Å². The van der Waals surface area contributed by atoms with E-state index in [-0.39, 0.29) is 29.2 Å². The predicted octanol–water partition coefficient (Wildman–Crippen LogP) is 0.774. The van der Waals surface area contributed by atoms with Crippen LogP contribution < -0.4 is 21.5 Å². The zero-order valence-corrected chi connectivity index (χ0v) is 13.0. The fourth-order valence-electron chi connectivity index (χ4n) is 2.01. The monoisotopic (exact) mass is 338 g/mol. The molecule has 0 unspecified atom stereocenters. The van der Waals surface area contributed by atoms with E-state index in [1.165, 1.54) is 18.2 Å². The normalized spacial score (nSPS) is 9.72. The average molecular weight is 338 g/mol. The second-order valence-electron chi connectivity index (χ2n) is 4.97. The summed E-state index contributed by atoms with van der Waals surface area (Å²) in [4.78, 5) is 34.6. The summed E-state index contributed by atoms with van der Waals surface area (Å²) < 4.78 is 5.30. The molecular formula is C17H14N4O4. The molecule has 25 heavy (non-hydrogen) atoms. The van der Waals surface area contributed by atoms with Crippen molar-refractivity contribution in [3.63, 3.8) is 0 Å². The molecule has 0 atom stereocenters. The lowest BCUT2D eigenvalue weighted by atomic mass is 10.1. The van der Waals surface area contributed by atoms with Gasteiger partial charge in [0.2, 0.25) is 11.8 Å². The Bertz CT molecular complexity index is 854. The molecule has 2 aromatic carbocycles. The summed E-state index contributed by atoms with van der Waals surface area (Å²) in [5.74, 6) is -1.82. The molecule has 0 aliphatic heterocycles. The van der Waals surface area contributed by atoms with Gasteiger partial charge in [-0.25, -0.2) is 0 Å². The number of carbonyl (C=O) groups excluding carboxylic acids is 3. The van der Waals surface area contributed by atoms with Crippen molar-refractivity contribution in [2.24, 2.45) is 11.5 Å². The van der Waals surface area contributed by atoms with Crippen LogP contribution in [-0.4, -0.2) is 24.3 Å². The zero-order chi connectivity index (χ0) is 18.4. The van der Waals surface area contributed by atoms with Gasteiger partial charge in [0.05, 0.1) is 5.56 Å². The largest absolute Gasteiger partial charge is 0.482 e. The number of para-hydroxylation sites is 1. The molecule has 0 heterocycles. The minimum Gasteiger partial charge on any atom is -0.482 e. The molecule has 2 rings (SSSR count). The smallest absolute Gasteiger partial charge is 0.262 e. The number of nitrogens with two attached hydrogens (primary N) is 2. The summed E-state index contributed by atoms with van der Waals surface area (Å²) in [7, 11) is 0. The zero-order valence-electron chi connectivity index (χ0n) is 13.0. The van der Waals surface area contributed by atoms with Crippen LogP contribution in [0.25, 0.3) is 0 Å². The third-order valence-electron chi connectivity index (χ3n) is 3.15. The number of carbonyl (C=O) groups is 3. The lowest BCUT2D eigenvalue weighted by molar-refractivity contribution is -0.118. The Hall–Kier alpha value is -3.86. The molecule has 0 bridgehead atoms. The van der Waals surface area contributed by atoms with Gasteiger partial charge >= 0.3 is 0 Å². The fourth-order valence-corrected chi connectivity index (χ4v) is 2.01. The first-order chi connectivity index (χ1) is 11.9. The van der Waals surface area contributed by atoms with Crippen LogP contribution in [0, 0.1) is 11.3 Å². The highest BCUT2D eigenvalue weighted by Gasteiger charge is 2.12. The van der Waals surface area contributed by atoms with E-state index in [9.17, 15) is 14.4 Å². The number of benzene rings is 2. The fraction of sp³-hybridized carbons (Fsp3) is 0.0588. The van der Waals surface area contributed by atoms with Gasteiger partial charge in [0.15, 0.2) is 6.61 Å². The third kappa shape index (κ3) is 4.56. The number of amides is 3. The van der Waals surface area contributed by atoms with Crippen LogP contribution in [0.1, 0.15) is 26.3 Å². The molecule has 0 aliphatic carbocycles. The van der Waals surface area contributed by atoms with Crippen molar-refractivity contribution in [3.05, 3.63) is 59.2 Å². The maximum atomic E-state index is 12.0. The summed E-state index contributed by atoms with van der Waals surface area (Å²) in [6, 6.07) is 12.3. The summed E-state index contributed by atoms with van der Waals surface area (Å²) in [6.07, 6.45) is 0. The molecule has 0 saturated carbocycles. The highest BCUT2D eigenvalue weighted by atomic mass is 16.5. The van der Waals surface area contributed by atoms with Crippen LogP contribution in [0.5, 0.6) is 5.75 Å². The van der Waals surface area contributed by atoms with Gasteiger partial charge in [0, 0.05) is 16.8 Å². The number of nitrogens with one attached hydrogen (secondary N) is 1. The van der Waals surface area contributed by atoms with Crippen molar-refractivity contribution < 1.29 is 19.1 Å². The molecule has 2 aromatic rings. The summed E-state index contributed by atoms with van der Waals surface area (Å²) >= 11 is 0. The van der Waals surface area contributed by atoms with Crippen LogP contribution in [-0.2, 0) is 4.79 Å². The first-order valence-electron chi connectivity index (χ1n) is 7.07. The van der Waals surface area contributed by atoms with Crippen molar-refractivity contribution in [1.29, 1.82) is 5.26 Å². The van der Waals surface area contributed by atoms with E-state index in [1.54, 1.807) is 24.3 Å². The van der Waals surface area contributed by atoms with Crippen molar-refractivity contribution in [3.8, 4) is 11.8 Å². The topological polar surface area (TPSA) is 148 Å².